The van der Waals surface area contributed by atoms with E-state index >= 15 is 0 Å². The molecule has 5 atom stereocenters. The Morgan fingerprint density at radius 3 is 2.43 bits per heavy atom. The van der Waals surface area contributed by atoms with Crippen LogP contribution in [0.4, 0.5) is 0 Å². The van der Waals surface area contributed by atoms with Gasteiger partial charge in [0.2, 0.25) is 11.8 Å². The van der Waals surface area contributed by atoms with Gasteiger partial charge in [-0.15, -0.1) is 0 Å². The van der Waals surface area contributed by atoms with Crippen molar-refractivity contribution in [3.63, 3.8) is 0 Å². The molecule has 190 valence electrons. The quantitative estimate of drug-likeness (QED) is 0.583. The fraction of sp³-hybridized carbons (Fsp3) is 0.679. The van der Waals surface area contributed by atoms with Crippen molar-refractivity contribution < 1.29 is 24.2 Å². The van der Waals surface area contributed by atoms with Crippen molar-refractivity contribution in [3.05, 3.63) is 35.9 Å². The van der Waals surface area contributed by atoms with E-state index in [1.165, 1.54) is 6.42 Å². The largest absolute Gasteiger partial charge is 0.460 e. The molecule has 1 aromatic rings. The number of rotatable bonds is 7. The number of carbonyl (C=O) groups is 3. The highest BCUT2D eigenvalue weighted by Crippen LogP contribution is 2.66. The lowest BCUT2D eigenvalue weighted by Crippen LogP contribution is -2.55. The average molecular weight is 483 g/mol. The van der Waals surface area contributed by atoms with Crippen LogP contribution in [0.5, 0.6) is 0 Å². The Kier molecular flexibility index (Phi) is 5.98. The number of aliphatic hydroxyl groups is 1. The molecular formula is C28H38N2O5. The number of carbonyl (C=O) groups excluding carboxylic acids is 3. The number of esters is 1. The van der Waals surface area contributed by atoms with Crippen LogP contribution >= 0.6 is 0 Å². The zero-order chi connectivity index (χ0) is 25.0. The highest BCUT2D eigenvalue weighted by Gasteiger charge is 2.63. The lowest BCUT2D eigenvalue weighted by molar-refractivity contribution is -0.165. The molecule has 1 aromatic carbocycles. The van der Waals surface area contributed by atoms with Gasteiger partial charge in [0.25, 0.3) is 0 Å². The molecule has 5 unspecified atom stereocenters. The Morgan fingerprint density at radius 1 is 1.11 bits per heavy atom. The number of aliphatic hydroxyl groups excluding tert-OH is 1. The minimum absolute atomic E-state index is 0.0264. The average Bonchev–Trinajstić information content (AvgIpc) is 3.30. The Balaban J connectivity index is 1.21. The molecular weight excluding hydrogens is 444 g/mol. The third-order valence-corrected chi connectivity index (χ3v) is 9.85. The molecule has 1 saturated heterocycles. The number of benzene rings is 1. The van der Waals surface area contributed by atoms with Crippen LogP contribution in [0, 0.1) is 16.7 Å². The van der Waals surface area contributed by atoms with E-state index in [1.54, 1.807) is 4.90 Å². The molecule has 5 rings (SSSR count). The van der Waals surface area contributed by atoms with Gasteiger partial charge in [-0.05, 0) is 61.8 Å². The summed E-state index contributed by atoms with van der Waals surface area (Å²) < 4.78 is 6.11. The number of nitrogens with zero attached hydrogens (tertiary/aromatic N) is 1. The summed E-state index contributed by atoms with van der Waals surface area (Å²) in [6.07, 6.45) is 4.36. The molecule has 7 heteroatoms. The summed E-state index contributed by atoms with van der Waals surface area (Å²) in [6.45, 7) is 7.30. The van der Waals surface area contributed by atoms with Crippen molar-refractivity contribution in [2.45, 2.75) is 95.9 Å². The van der Waals surface area contributed by atoms with Gasteiger partial charge in [0.15, 0.2) is 0 Å². The van der Waals surface area contributed by atoms with Crippen molar-refractivity contribution in [1.82, 2.24) is 10.2 Å². The normalized spacial score (nSPS) is 32.8. The van der Waals surface area contributed by atoms with E-state index in [4.69, 9.17) is 4.74 Å². The molecule has 1 heterocycles. The van der Waals surface area contributed by atoms with Gasteiger partial charge < -0.3 is 20.1 Å². The van der Waals surface area contributed by atoms with Crippen molar-refractivity contribution in [2.24, 2.45) is 16.7 Å². The first kappa shape index (κ1) is 24.3. The first-order chi connectivity index (χ1) is 16.6. The van der Waals surface area contributed by atoms with E-state index in [9.17, 15) is 19.5 Å². The highest BCUT2D eigenvalue weighted by molar-refractivity contribution is 5.97. The number of likely N-dealkylation sites (tertiary alicyclic amines) is 1. The van der Waals surface area contributed by atoms with Crippen molar-refractivity contribution in [1.29, 1.82) is 0 Å². The second kappa shape index (κ2) is 8.61. The predicted octanol–water partition coefficient (Wildman–Crippen LogP) is 2.99. The van der Waals surface area contributed by atoms with Crippen molar-refractivity contribution in [2.75, 3.05) is 6.54 Å². The van der Waals surface area contributed by atoms with Crippen LogP contribution in [0.15, 0.2) is 30.3 Å². The molecule has 35 heavy (non-hydrogen) atoms. The lowest BCUT2D eigenvalue weighted by Gasteiger charge is -2.39. The molecule has 0 radical (unpaired) electrons. The Bertz CT molecular complexity index is 1000. The highest BCUT2D eigenvalue weighted by atomic mass is 16.5. The molecule has 7 nitrogen and oxygen atoms in total. The van der Waals surface area contributed by atoms with Crippen LogP contribution in [0.3, 0.4) is 0 Å². The molecule has 0 aromatic heterocycles. The maximum atomic E-state index is 13.5. The fourth-order valence-corrected chi connectivity index (χ4v) is 6.82. The van der Waals surface area contributed by atoms with Crippen LogP contribution in [0.2, 0.25) is 0 Å². The van der Waals surface area contributed by atoms with E-state index in [2.05, 4.69) is 26.1 Å². The van der Waals surface area contributed by atoms with Crippen LogP contribution in [0.1, 0.15) is 71.3 Å². The summed E-state index contributed by atoms with van der Waals surface area (Å²) in [6, 6.07) is 8.70. The van der Waals surface area contributed by atoms with Gasteiger partial charge in [-0.2, -0.15) is 0 Å². The van der Waals surface area contributed by atoms with E-state index in [-0.39, 0.29) is 35.2 Å². The molecule has 2 bridgehead atoms. The summed E-state index contributed by atoms with van der Waals surface area (Å²) >= 11 is 0. The number of fused-ring (bicyclic) bond motifs is 2. The maximum Gasteiger partial charge on any atom is 0.329 e. The summed E-state index contributed by atoms with van der Waals surface area (Å²) in [4.78, 5) is 41.1. The second-order valence-electron chi connectivity index (χ2n) is 12.0. The van der Waals surface area contributed by atoms with Crippen molar-refractivity contribution >= 4 is 17.8 Å². The zero-order valence-electron chi connectivity index (χ0n) is 21.1. The van der Waals surface area contributed by atoms with Gasteiger partial charge in [-0.3, -0.25) is 9.59 Å². The Labute approximate surface area is 207 Å². The van der Waals surface area contributed by atoms with Gasteiger partial charge in [0.05, 0.1) is 0 Å². The predicted molar refractivity (Wildman–Crippen MR) is 130 cm³/mol. The third-order valence-electron chi connectivity index (χ3n) is 9.85. The maximum absolute atomic E-state index is 13.5. The van der Waals surface area contributed by atoms with Crippen LogP contribution in [-0.4, -0.2) is 58.1 Å². The smallest absolute Gasteiger partial charge is 0.329 e. The van der Waals surface area contributed by atoms with Crippen LogP contribution < -0.4 is 5.32 Å². The van der Waals surface area contributed by atoms with E-state index in [0.717, 1.165) is 24.8 Å². The van der Waals surface area contributed by atoms with Gasteiger partial charge >= 0.3 is 5.97 Å². The summed E-state index contributed by atoms with van der Waals surface area (Å²) in [5, 5.41) is 13.2. The molecule has 0 spiro atoms. The van der Waals surface area contributed by atoms with E-state index in [1.807, 2.05) is 30.3 Å². The molecule has 1 aliphatic heterocycles. The first-order valence-corrected chi connectivity index (χ1v) is 13.1. The molecule has 4 aliphatic rings. The molecule has 2 amide bonds. The van der Waals surface area contributed by atoms with Gasteiger partial charge in [0, 0.05) is 18.4 Å². The fourth-order valence-electron chi connectivity index (χ4n) is 6.82. The van der Waals surface area contributed by atoms with Crippen molar-refractivity contribution in [3.8, 4) is 0 Å². The molecule has 3 saturated carbocycles. The Morgan fingerprint density at radius 2 is 1.83 bits per heavy atom. The number of nitrogens with one attached hydrogen (secondary N) is 1. The molecule has 2 N–H and O–H groups in total. The van der Waals surface area contributed by atoms with Gasteiger partial charge in [-0.25, -0.2) is 4.79 Å². The number of amides is 2. The number of ether oxygens (including phenoxy) is 1. The second-order valence-corrected chi connectivity index (χ2v) is 12.0. The topological polar surface area (TPSA) is 95.9 Å². The zero-order valence-corrected chi connectivity index (χ0v) is 21.1. The summed E-state index contributed by atoms with van der Waals surface area (Å²) in [5.41, 5.74) is -0.0445. The van der Waals surface area contributed by atoms with E-state index < -0.39 is 23.6 Å². The minimum atomic E-state index is -1.23. The summed E-state index contributed by atoms with van der Waals surface area (Å²) in [5.74, 6) is -0.512. The monoisotopic (exact) mass is 482 g/mol. The summed E-state index contributed by atoms with van der Waals surface area (Å²) in [7, 11) is 0. The van der Waals surface area contributed by atoms with Crippen LogP contribution in [0.25, 0.3) is 0 Å². The standard InChI is InChI=1S/C28H38N2O5/c1-26(2)19-11-12-27(26,3)22(17-19)35-24(33)20-10-7-15-30(20)25(34)28(13-14-28)29-23(32)21(31)16-18-8-5-4-6-9-18/h4-6,8-9,19-22,31H,7,10-17H2,1-3H3,(H,29,32). The number of hydrogen-bond acceptors (Lipinski definition) is 5. The van der Waals surface area contributed by atoms with E-state index in [0.29, 0.717) is 31.7 Å². The lowest BCUT2D eigenvalue weighted by atomic mass is 9.70. The molecule has 3 aliphatic carbocycles. The Hall–Kier alpha value is -2.41. The minimum Gasteiger partial charge on any atom is -0.460 e. The first-order valence-electron chi connectivity index (χ1n) is 13.1. The third kappa shape index (κ3) is 4.05. The molecule has 4 fully saturated rings. The van der Waals surface area contributed by atoms with Gasteiger partial charge in [0.1, 0.15) is 23.8 Å². The SMILES string of the molecule is CC1(C)C2CCC1(C)C(OC(=O)C1CCCN1C(=O)C1(NC(=O)C(O)Cc3ccccc3)CC1)C2. The van der Waals surface area contributed by atoms with Crippen LogP contribution in [-0.2, 0) is 25.5 Å². The number of hydrogen-bond donors (Lipinski definition) is 2. The van der Waals surface area contributed by atoms with Gasteiger partial charge in [-0.1, -0.05) is 51.1 Å².